The van der Waals surface area contributed by atoms with Crippen LogP contribution in [-0.4, -0.2) is 40.6 Å². The normalized spacial score (nSPS) is 18.9. The molecule has 1 saturated heterocycles. The molecule has 0 spiro atoms. The molecule has 24 heavy (non-hydrogen) atoms. The summed E-state index contributed by atoms with van der Waals surface area (Å²) >= 11 is 0. The Hall–Kier alpha value is -1.86. The van der Waals surface area contributed by atoms with Gasteiger partial charge in [0.25, 0.3) is 5.91 Å². The zero-order chi connectivity index (χ0) is 16.2. The molecular weight excluding hydrogens is 332 g/mol. The van der Waals surface area contributed by atoms with Crippen molar-refractivity contribution in [3.05, 3.63) is 35.9 Å². The van der Waals surface area contributed by atoms with Crippen LogP contribution in [0.15, 0.2) is 27.3 Å². The lowest BCUT2D eigenvalue weighted by molar-refractivity contribution is 0.0529. The molecule has 132 valence electrons. The highest BCUT2D eigenvalue weighted by Gasteiger charge is 2.33. The number of carbonyl (C=O) groups excluding carboxylic acids is 1. The number of hydrogen-bond donors (Lipinski definition) is 1. The summed E-state index contributed by atoms with van der Waals surface area (Å²) in [5.74, 6) is 1.41. The molecule has 2 unspecified atom stereocenters. The third-order valence-electron chi connectivity index (χ3n) is 4.25. The van der Waals surface area contributed by atoms with Crippen LogP contribution in [0.3, 0.4) is 0 Å². The fourth-order valence-corrected chi connectivity index (χ4v) is 2.83. The third kappa shape index (κ3) is 3.96. The topological polar surface area (TPSA) is 84.4 Å². The minimum Gasteiger partial charge on any atom is -0.459 e. The number of nitrogens with one attached hydrogen (secondary N) is 1. The molecule has 1 amide bonds. The second-order valence-electron chi connectivity index (χ2n) is 5.93. The van der Waals surface area contributed by atoms with E-state index in [-0.39, 0.29) is 30.4 Å². The number of likely N-dealkylation sites (N-methyl/N-ethyl adjacent to an activating group) is 1. The van der Waals surface area contributed by atoms with Crippen LogP contribution in [0.1, 0.15) is 54.5 Å². The number of carbonyl (C=O) groups is 1. The molecule has 0 radical (unpaired) electrons. The number of rotatable bonds is 5. The van der Waals surface area contributed by atoms with E-state index in [2.05, 4.69) is 22.4 Å². The highest BCUT2D eigenvalue weighted by atomic mass is 35.5. The monoisotopic (exact) mass is 354 g/mol. The zero-order valence-electron chi connectivity index (χ0n) is 13.9. The summed E-state index contributed by atoms with van der Waals surface area (Å²) < 4.78 is 10.7. The van der Waals surface area contributed by atoms with Crippen LogP contribution in [0.2, 0.25) is 0 Å². The molecule has 8 heteroatoms. The summed E-state index contributed by atoms with van der Waals surface area (Å²) in [5.41, 5.74) is 0. The summed E-state index contributed by atoms with van der Waals surface area (Å²) in [7, 11) is 1.90. The predicted molar refractivity (Wildman–Crippen MR) is 90.1 cm³/mol. The molecule has 3 heterocycles. The first kappa shape index (κ1) is 18.5. The molecule has 2 atom stereocenters. The van der Waals surface area contributed by atoms with Crippen molar-refractivity contribution in [2.24, 2.45) is 0 Å². The van der Waals surface area contributed by atoms with E-state index >= 15 is 0 Å². The predicted octanol–water partition coefficient (Wildman–Crippen LogP) is 2.60. The fourth-order valence-electron chi connectivity index (χ4n) is 2.83. The van der Waals surface area contributed by atoms with Gasteiger partial charge < -0.3 is 19.2 Å². The number of hydrogen-bond acceptors (Lipinski definition) is 6. The largest absolute Gasteiger partial charge is 0.459 e. The Labute approximate surface area is 147 Å². The Morgan fingerprint density at radius 2 is 2.33 bits per heavy atom. The summed E-state index contributed by atoms with van der Waals surface area (Å²) in [6, 6.07) is 3.50. The van der Waals surface area contributed by atoms with Gasteiger partial charge >= 0.3 is 0 Å². The molecule has 0 bridgehead atoms. The summed E-state index contributed by atoms with van der Waals surface area (Å²) in [4.78, 5) is 18.9. The van der Waals surface area contributed by atoms with Gasteiger partial charge in [-0.25, -0.2) is 0 Å². The molecule has 1 aliphatic rings. The van der Waals surface area contributed by atoms with Gasteiger partial charge in [-0.05, 0) is 45.4 Å². The van der Waals surface area contributed by atoms with Gasteiger partial charge in [0.1, 0.15) is 6.04 Å². The van der Waals surface area contributed by atoms with E-state index in [1.165, 1.54) is 6.26 Å². The number of piperidine rings is 1. The average Bonchev–Trinajstić information content (AvgIpc) is 3.26. The smallest absolute Gasteiger partial charge is 0.290 e. The van der Waals surface area contributed by atoms with Crippen LogP contribution in [0.4, 0.5) is 0 Å². The van der Waals surface area contributed by atoms with E-state index in [4.69, 9.17) is 8.94 Å². The third-order valence-corrected chi connectivity index (χ3v) is 4.25. The fraction of sp³-hybridized carbons (Fsp3) is 0.562. The molecule has 0 aliphatic carbocycles. The van der Waals surface area contributed by atoms with E-state index in [1.54, 1.807) is 17.0 Å². The second kappa shape index (κ2) is 8.30. The van der Waals surface area contributed by atoms with E-state index < -0.39 is 0 Å². The highest BCUT2D eigenvalue weighted by molar-refractivity contribution is 5.91. The van der Waals surface area contributed by atoms with Crippen molar-refractivity contribution in [3.8, 4) is 0 Å². The lowest BCUT2D eigenvalue weighted by atomic mass is 10.0. The van der Waals surface area contributed by atoms with Crippen molar-refractivity contribution >= 4 is 18.3 Å². The van der Waals surface area contributed by atoms with Crippen LogP contribution < -0.4 is 5.32 Å². The number of aromatic nitrogens is 2. The standard InChI is InChI=1S/C16H22N4O3.ClH/c1-11(17-2)10-14-18-15(23-19-14)12-6-3-4-8-20(12)16(21)13-7-5-9-22-13;/h5,7,9,11-12,17H,3-4,6,8,10H2,1-2H3;1H. The maximum atomic E-state index is 12.6. The molecule has 1 fully saturated rings. The number of nitrogens with zero attached hydrogens (tertiary/aromatic N) is 3. The molecular formula is C16H23ClN4O3. The minimum absolute atomic E-state index is 0. The van der Waals surface area contributed by atoms with E-state index in [1.807, 2.05) is 7.05 Å². The molecule has 2 aromatic rings. The molecule has 1 N–H and O–H groups in total. The van der Waals surface area contributed by atoms with Crippen molar-refractivity contribution in [3.63, 3.8) is 0 Å². The van der Waals surface area contributed by atoms with Crippen LogP contribution in [0.5, 0.6) is 0 Å². The molecule has 0 aromatic carbocycles. The first-order chi connectivity index (χ1) is 11.2. The van der Waals surface area contributed by atoms with Gasteiger partial charge in [-0.3, -0.25) is 4.79 Å². The summed E-state index contributed by atoms with van der Waals surface area (Å²) in [6.45, 7) is 2.73. The molecule has 0 saturated carbocycles. The van der Waals surface area contributed by atoms with Gasteiger partial charge in [0.05, 0.1) is 6.26 Å². The Morgan fingerprint density at radius 3 is 3.04 bits per heavy atom. The molecule has 7 nitrogen and oxygen atoms in total. The Kier molecular flexibility index (Phi) is 6.39. The number of furan rings is 1. The maximum absolute atomic E-state index is 12.6. The van der Waals surface area contributed by atoms with Crippen LogP contribution in [0.25, 0.3) is 0 Å². The zero-order valence-corrected chi connectivity index (χ0v) is 14.7. The van der Waals surface area contributed by atoms with Crippen molar-refractivity contribution in [2.45, 2.75) is 44.7 Å². The quantitative estimate of drug-likeness (QED) is 0.888. The minimum atomic E-state index is -0.174. The number of halogens is 1. The Bertz CT molecular complexity index is 644. The lowest BCUT2D eigenvalue weighted by Gasteiger charge is -2.32. The van der Waals surface area contributed by atoms with Gasteiger partial charge in [0.2, 0.25) is 5.89 Å². The van der Waals surface area contributed by atoms with E-state index in [9.17, 15) is 4.79 Å². The molecule has 2 aromatic heterocycles. The highest BCUT2D eigenvalue weighted by Crippen LogP contribution is 2.31. The van der Waals surface area contributed by atoms with Crippen molar-refractivity contribution in [1.29, 1.82) is 0 Å². The van der Waals surface area contributed by atoms with E-state index in [0.717, 1.165) is 19.3 Å². The van der Waals surface area contributed by atoms with Gasteiger partial charge in [-0.15, -0.1) is 12.4 Å². The van der Waals surface area contributed by atoms with Crippen molar-refractivity contribution < 1.29 is 13.7 Å². The lowest BCUT2D eigenvalue weighted by Crippen LogP contribution is -2.38. The number of likely N-dealkylation sites (tertiary alicyclic amines) is 1. The van der Waals surface area contributed by atoms with Crippen molar-refractivity contribution in [2.75, 3.05) is 13.6 Å². The molecule has 1 aliphatic heterocycles. The van der Waals surface area contributed by atoms with Gasteiger partial charge in [-0.1, -0.05) is 5.16 Å². The Balaban J connectivity index is 0.00000208. The number of amides is 1. The summed E-state index contributed by atoms with van der Waals surface area (Å²) in [6.07, 6.45) is 5.04. The molecule has 3 rings (SSSR count). The van der Waals surface area contributed by atoms with Crippen LogP contribution in [0, 0.1) is 0 Å². The van der Waals surface area contributed by atoms with E-state index in [0.29, 0.717) is 30.4 Å². The Morgan fingerprint density at radius 1 is 1.50 bits per heavy atom. The average molecular weight is 355 g/mol. The van der Waals surface area contributed by atoms with Crippen molar-refractivity contribution in [1.82, 2.24) is 20.4 Å². The maximum Gasteiger partial charge on any atom is 0.290 e. The van der Waals surface area contributed by atoms with Crippen LogP contribution in [-0.2, 0) is 6.42 Å². The summed E-state index contributed by atoms with van der Waals surface area (Å²) in [5, 5.41) is 7.20. The van der Waals surface area contributed by atoms with Gasteiger partial charge in [0.15, 0.2) is 11.6 Å². The van der Waals surface area contributed by atoms with Gasteiger partial charge in [0, 0.05) is 19.0 Å². The first-order valence-corrected chi connectivity index (χ1v) is 8.03. The van der Waals surface area contributed by atoms with Crippen LogP contribution >= 0.6 is 12.4 Å². The van der Waals surface area contributed by atoms with Gasteiger partial charge in [-0.2, -0.15) is 4.98 Å². The first-order valence-electron chi connectivity index (χ1n) is 8.03. The second-order valence-corrected chi connectivity index (χ2v) is 5.93. The SMILES string of the molecule is CNC(C)Cc1noc(C2CCCCN2C(=O)c2ccco2)n1.Cl.